The molecule has 0 aromatic heterocycles. The Morgan fingerprint density at radius 3 is 3.00 bits per heavy atom. The van der Waals surface area contributed by atoms with Gasteiger partial charge in [0.2, 0.25) is 0 Å². The van der Waals surface area contributed by atoms with Gasteiger partial charge >= 0.3 is 0 Å². The van der Waals surface area contributed by atoms with Gasteiger partial charge in [-0.25, -0.2) is 0 Å². The molecule has 2 atom stereocenters. The lowest BCUT2D eigenvalue weighted by atomic mass is 9.97. The van der Waals surface area contributed by atoms with Gasteiger partial charge in [0.05, 0.1) is 0 Å². The molecule has 1 aromatic rings. The van der Waals surface area contributed by atoms with Gasteiger partial charge in [-0.1, -0.05) is 0 Å². The van der Waals surface area contributed by atoms with Crippen molar-refractivity contribution in [2.45, 2.75) is 44.7 Å². The van der Waals surface area contributed by atoms with Gasteiger partial charge < -0.3 is 16.0 Å². The summed E-state index contributed by atoms with van der Waals surface area (Å²) in [4.78, 5) is 14.9. The molecule has 108 valence electrons. The first-order chi connectivity index (χ1) is 9.63. The molecule has 20 heavy (non-hydrogen) atoms. The van der Waals surface area contributed by atoms with Crippen molar-refractivity contribution in [1.29, 1.82) is 0 Å². The van der Waals surface area contributed by atoms with Crippen molar-refractivity contribution in [1.82, 2.24) is 10.2 Å². The fourth-order valence-electron chi connectivity index (χ4n) is 3.44. The molecule has 2 unspecified atom stereocenters. The summed E-state index contributed by atoms with van der Waals surface area (Å²) in [5.41, 5.74) is 8.21. The van der Waals surface area contributed by atoms with Crippen LogP contribution in [-0.2, 0) is 0 Å². The summed E-state index contributed by atoms with van der Waals surface area (Å²) < 4.78 is 0. The predicted molar refractivity (Wildman–Crippen MR) is 80.7 cm³/mol. The number of rotatable bonds is 2. The third-order valence-electron chi connectivity index (χ3n) is 4.69. The van der Waals surface area contributed by atoms with Gasteiger partial charge in [0.1, 0.15) is 0 Å². The van der Waals surface area contributed by atoms with E-state index >= 15 is 0 Å². The molecule has 3 N–H and O–H groups in total. The number of fused-ring (bicyclic) bond motifs is 1. The number of nitrogens with two attached hydrogens (primary N) is 1. The maximum Gasteiger partial charge on any atom is 0.251 e. The zero-order valence-corrected chi connectivity index (χ0v) is 12.1. The van der Waals surface area contributed by atoms with Crippen LogP contribution in [0.2, 0.25) is 0 Å². The van der Waals surface area contributed by atoms with Crippen LogP contribution < -0.4 is 11.1 Å². The van der Waals surface area contributed by atoms with E-state index in [0.29, 0.717) is 17.6 Å². The highest BCUT2D eigenvalue weighted by atomic mass is 16.1. The lowest BCUT2D eigenvalue weighted by Gasteiger charge is -2.35. The number of carbonyl (C=O) groups excluding carboxylic acids is 1. The van der Waals surface area contributed by atoms with Crippen LogP contribution >= 0.6 is 0 Å². The Morgan fingerprint density at radius 2 is 2.20 bits per heavy atom. The third kappa shape index (κ3) is 2.66. The largest absolute Gasteiger partial charge is 0.399 e. The van der Waals surface area contributed by atoms with Crippen LogP contribution in [0.3, 0.4) is 0 Å². The van der Waals surface area contributed by atoms with E-state index in [4.69, 9.17) is 5.73 Å². The number of amides is 1. The molecule has 1 amide bonds. The first kappa shape index (κ1) is 13.4. The molecular formula is C16H23N3O. The highest BCUT2D eigenvalue weighted by Crippen LogP contribution is 2.27. The van der Waals surface area contributed by atoms with Crippen molar-refractivity contribution in [3.63, 3.8) is 0 Å². The van der Waals surface area contributed by atoms with E-state index in [-0.39, 0.29) is 5.91 Å². The van der Waals surface area contributed by atoms with Crippen molar-refractivity contribution in [3.05, 3.63) is 29.3 Å². The molecule has 0 spiro atoms. The van der Waals surface area contributed by atoms with E-state index in [1.54, 1.807) is 0 Å². The number of nitrogens with zero attached hydrogens (tertiary/aromatic N) is 1. The smallest absolute Gasteiger partial charge is 0.251 e. The molecule has 4 heteroatoms. The first-order valence-corrected chi connectivity index (χ1v) is 7.54. The molecule has 4 nitrogen and oxygen atoms in total. The minimum Gasteiger partial charge on any atom is -0.399 e. The summed E-state index contributed by atoms with van der Waals surface area (Å²) in [7, 11) is 0. The minimum atomic E-state index is 0.0320. The van der Waals surface area contributed by atoms with Crippen molar-refractivity contribution in [2.24, 2.45) is 0 Å². The van der Waals surface area contributed by atoms with E-state index in [9.17, 15) is 4.79 Å². The molecule has 2 aliphatic rings. The summed E-state index contributed by atoms with van der Waals surface area (Å²) in [5.74, 6) is 0.0320. The van der Waals surface area contributed by atoms with E-state index in [1.807, 2.05) is 25.1 Å². The maximum atomic E-state index is 12.3. The number of piperidine rings is 1. The molecule has 3 rings (SSSR count). The summed E-state index contributed by atoms with van der Waals surface area (Å²) in [5, 5.41) is 3.19. The Hall–Kier alpha value is -1.55. The number of nitrogen functional groups attached to an aromatic ring is 1. The fraction of sp³-hybridized carbons (Fsp3) is 0.562. The van der Waals surface area contributed by atoms with Gasteiger partial charge in [0.25, 0.3) is 5.91 Å². The van der Waals surface area contributed by atoms with Crippen molar-refractivity contribution in [3.8, 4) is 0 Å². The number of benzene rings is 1. The Balaban J connectivity index is 1.62. The molecular weight excluding hydrogens is 250 g/mol. The average Bonchev–Trinajstić information content (AvgIpc) is 2.89. The SMILES string of the molecule is Cc1cc(C(=O)NC2CCN3CCCC3C2)ccc1N. The highest BCUT2D eigenvalue weighted by Gasteiger charge is 2.32. The molecule has 2 heterocycles. The van der Waals surface area contributed by atoms with Crippen molar-refractivity contribution >= 4 is 11.6 Å². The third-order valence-corrected chi connectivity index (χ3v) is 4.69. The zero-order valence-electron chi connectivity index (χ0n) is 12.1. The van der Waals surface area contributed by atoms with Crippen LogP contribution in [0.1, 0.15) is 41.6 Å². The zero-order chi connectivity index (χ0) is 14.1. The summed E-state index contributed by atoms with van der Waals surface area (Å²) in [6, 6.07) is 6.49. The fourth-order valence-corrected chi connectivity index (χ4v) is 3.44. The molecule has 2 fully saturated rings. The van der Waals surface area contributed by atoms with E-state index in [0.717, 1.165) is 30.6 Å². The number of aryl methyl sites for hydroxylation is 1. The van der Waals surface area contributed by atoms with E-state index in [2.05, 4.69) is 10.2 Å². The molecule has 0 saturated carbocycles. The lowest BCUT2D eigenvalue weighted by molar-refractivity contribution is 0.0896. The number of nitrogens with one attached hydrogen (secondary N) is 1. The second kappa shape index (κ2) is 5.44. The van der Waals surface area contributed by atoms with Crippen LogP contribution in [0.5, 0.6) is 0 Å². The average molecular weight is 273 g/mol. The normalized spacial score (nSPS) is 26.2. The topological polar surface area (TPSA) is 58.4 Å². The molecule has 2 saturated heterocycles. The van der Waals surface area contributed by atoms with Gasteiger partial charge in [-0.3, -0.25) is 4.79 Å². The summed E-state index contributed by atoms with van der Waals surface area (Å²) >= 11 is 0. The van der Waals surface area contributed by atoms with Crippen LogP contribution in [0.25, 0.3) is 0 Å². The Labute approximate surface area is 120 Å². The maximum absolute atomic E-state index is 12.3. The Morgan fingerprint density at radius 1 is 1.35 bits per heavy atom. The van der Waals surface area contributed by atoms with Gasteiger partial charge in [-0.2, -0.15) is 0 Å². The predicted octanol–water partition coefficient (Wildman–Crippen LogP) is 1.93. The second-order valence-electron chi connectivity index (χ2n) is 6.10. The molecule has 0 aliphatic carbocycles. The first-order valence-electron chi connectivity index (χ1n) is 7.54. The van der Waals surface area contributed by atoms with E-state index < -0.39 is 0 Å². The highest BCUT2D eigenvalue weighted by molar-refractivity contribution is 5.95. The van der Waals surface area contributed by atoms with Gasteiger partial charge in [0.15, 0.2) is 0 Å². The van der Waals surface area contributed by atoms with Crippen molar-refractivity contribution in [2.75, 3.05) is 18.8 Å². The molecule has 1 aromatic carbocycles. The molecule has 2 aliphatic heterocycles. The number of carbonyl (C=O) groups is 1. The van der Waals surface area contributed by atoms with Crippen molar-refractivity contribution < 1.29 is 4.79 Å². The standard InChI is InChI=1S/C16H23N3O/c1-11-9-12(4-5-15(11)17)16(20)18-13-6-8-19-7-2-3-14(19)10-13/h4-5,9,13-14H,2-3,6-8,10,17H2,1H3,(H,18,20). The summed E-state index contributed by atoms with van der Waals surface area (Å²) in [6.07, 6.45) is 4.76. The van der Waals surface area contributed by atoms with Gasteiger partial charge in [0, 0.05) is 29.9 Å². The number of anilines is 1. The monoisotopic (exact) mass is 273 g/mol. The molecule has 0 radical (unpaired) electrons. The second-order valence-corrected chi connectivity index (χ2v) is 6.10. The number of hydrogen-bond acceptors (Lipinski definition) is 3. The van der Waals surface area contributed by atoms with Gasteiger partial charge in [-0.15, -0.1) is 0 Å². The van der Waals surface area contributed by atoms with E-state index in [1.165, 1.54) is 19.4 Å². The Kier molecular flexibility index (Phi) is 3.66. The van der Waals surface area contributed by atoms with Gasteiger partial charge in [-0.05, 0) is 62.9 Å². The van der Waals surface area contributed by atoms with Crippen LogP contribution in [0, 0.1) is 6.92 Å². The molecule has 0 bridgehead atoms. The number of hydrogen-bond donors (Lipinski definition) is 2. The quantitative estimate of drug-likeness (QED) is 0.810. The van der Waals surface area contributed by atoms with Crippen LogP contribution in [0.4, 0.5) is 5.69 Å². The van der Waals surface area contributed by atoms with Crippen LogP contribution in [-0.4, -0.2) is 36.0 Å². The summed E-state index contributed by atoms with van der Waals surface area (Å²) in [6.45, 7) is 4.29. The lowest BCUT2D eigenvalue weighted by Crippen LogP contribution is -2.47. The minimum absolute atomic E-state index is 0.0320. The Bertz CT molecular complexity index is 514. The van der Waals surface area contributed by atoms with Crippen LogP contribution in [0.15, 0.2) is 18.2 Å².